The van der Waals surface area contributed by atoms with Crippen LogP contribution in [0.1, 0.15) is 26.6 Å². The fourth-order valence-corrected chi connectivity index (χ4v) is 2.89. The highest BCUT2D eigenvalue weighted by atomic mass is 32.1. The van der Waals surface area contributed by atoms with E-state index in [9.17, 15) is 0 Å². The van der Waals surface area contributed by atoms with Crippen LogP contribution < -0.4 is 5.32 Å². The van der Waals surface area contributed by atoms with Gasteiger partial charge in [0.15, 0.2) is 0 Å². The molecule has 1 aliphatic heterocycles. The van der Waals surface area contributed by atoms with Crippen molar-refractivity contribution in [1.29, 1.82) is 0 Å². The lowest BCUT2D eigenvalue weighted by atomic mass is 9.96. The van der Waals surface area contributed by atoms with Gasteiger partial charge in [0.1, 0.15) is 5.82 Å². The number of piperazine rings is 1. The van der Waals surface area contributed by atoms with E-state index in [-0.39, 0.29) is 5.41 Å². The van der Waals surface area contributed by atoms with Gasteiger partial charge in [-0.15, -0.1) is 0 Å². The third-order valence-electron chi connectivity index (χ3n) is 3.57. The van der Waals surface area contributed by atoms with Gasteiger partial charge in [0.2, 0.25) is 5.13 Å². The lowest BCUT2D eigenvalue weighted by Crippen LogP contribution is -2.52. The zero-order chi connectivity index (χ0) is 14.0. The van der Waals surface area contributed by atoms with Gasteiger partial charge in [0, 0.05) is 49.2 Å². The van der Waals surface area contributed by atoms with E-state index in [0.29, 0.717) is 6.04 Å². The van der Waals surface area contributed by atoms with Gasteiger partial charge in [0.25, 0.3) is 0 Å². The van der Waals surface area contributed by atoms with Gasteiger partial charge in [-0.1, -0.05) is 20.8 Å². The summed E-state index contributed by atoms with van der Waals surface area (Å²) < 4.78 is 4.43. The molecule has 0 radical (unpaired) electrons. The molecule has 108 valence electrons. The topological polar surface area (TPSA) is 44.3 Å². The van der Waals surface area contributed by atoms with Crippen LogP contribution in [0.15, 0.2) is 0 Å². The van der Waals surface area contributed by atoms with Gasteiger partial charge in [-0.2, -0.15) is 4.37 Å². The van der Waals surface area contributed by atoms with Gasteiger partial charge in [0.05, 0.1) is 0 Å². The Balaban J connectivity index is 1.90. The molecule has 0 saturated carbocycles. The largest absolute Gasteiger partial charge is 0.359 e. The molecular formula is C13H25N5S. The maximum Gasteiger partial charge on any atom is 0.202 e. The molecule has 6 heteroatoms. The highest BCUT2D eigenvalue weighted by Gasteiger charge is 2.23. The summed E-state index contributed by atoms with van der Waals surface area (Å²) in [7, 11) is 4.38. The van der Waals surface area contributed by atoms with Crippen LogP contribution in [0.4, 0.5) is 5.13 Å². The minimum atomic E-state index is 0.0261. The quantitative estimate of drug-likeness (QED) is 0.910. The Kier molecular flexibility index (Phi) is 4.43. The molecule has 19 heavy (non-hydrogen) atoms. The number of nitrogens with one attached hydrogen (secondary N) is 1. The predicted octanol–water partition coefficient (Wildman–Crippen LogP) is 1.49. The highest BCUT2D eigenvalue weighted by Crippen LogP contribution is 2.23. The van der Waals surface area contributed by atoms with Crippen LogP contribution in [0.5, 0.6) is 0 Å². The second-order valence-electron chi connectivity index (χ2n) is 6.45. The minimum Gasteiger partial charge on any atom is -0.359 e. The van der Waals surface area contributed by atoms with Crippen LogP contribution in [-0.4, -0.2) is 65.5 Å². The van der Waals surface area contributed by atoms with Crippen molar-refractivity contribution in [1.82, 2.24) is 19.2 Å². The first-order chi connectivity index (χ1) is 8.86. The van der Waals surface area contributed by atoms with Crippen molar-refractivity contribution < 1.29 is 0 Å². The van der Waals surface area contributed by atoms with Gasteiger partial charge < -0.3 is 10.2 Å². The molecule has 1 unspecified atom stereocenters. The van der Waals surface area contributed by atoms with E-state index < -0.39 is 0 Å². The highest BCUT2D eigenvalue weighted by molar-refractivity contribution is 7.09. The Bertz CT molecular complexity index is 411. The zero-order valence-electron chi connectivity index (χ0n) is 12.6. The number of rotatable bonds is 3. The Morgan fingerprint density at radius 1 is 1.32 bits per heavy atom. The lowest BCUT2D eigenvalue weighted by molar-refractivity contribution is 0.122. The van der Waals surface area contributed by atoms with Gasteiger partial charge in [-0.3, -0.25) is 4.90 Å². The van der Waals surface area contributed by atoms with Crippen molar-refractivity contribution in [3.8, 4) is 0 Å². The van der Waals surface area contributed by atoms with Crippen molar-refractivity contribution >= 4 is 16.7 Å². The first kappa shape index (κ1) is 14.7. The summed E-state index contributed by atoms with van der Waals surface area (Å²) in [4.78, 5) is 9.37. The molecule has 1 aliphatic rings. The van der Waals surface area contributed by atoms with E-state index in [1.807, 2.05) is 0 Å². The first-order valence-electron chi connectivity index (χ1n) is 6.83. The van der Waals surface area contributed by atoms with Crippen molar-refractivity contribution in [2.24, 2.45) is 0 Å². The Hall–Kier alpha value is -0.720. The SMILES string of the molecule is CN1CCN(C)C(CNc2nc(C(C)(C)C)ns2)C1. The molecule has 0 bridgehead atoms. The average molecular weight is 283 g/mol. The number of nitrogens with zero attached hydrogens (tertiary/aromatic N) is 4. The van der Waals surface area contributed by atoms with Crippen molar-refractivity contribution in [2.75, 3.05) is 45.6 Å². The van der Waals surface area contributed by atoms with Crippen molar-refractivity contribution in [2.45, 2.75) is 32.2 Å². The second kappa shape index (κ2) is 5.73. The molecule has 0 aromatic carbocycles. The number of anilines is 1. The van der Waals surface area contributed by atoms with Crippen LogP contribution in [0, 0.1) is 0 Å². The maximum absolute atomic E-state index is 4.57. The van der Waals surface area contributed by atoms with E-state index in [0.717, 1.165) is 37.1 Å². The maximum atomic E-state index is 4.57. The number of hydrogen-bond donors (Lipinski definition) is 1. The third kappa shape index (κ3) is 3.87. The summed E-state index contributed by atoms with van der Waals surface area (Å²) in [6.07, 6.45) is 0. The molecule has 0 spiro atoms. The molecule has 1 aromatic heterocycles. The summed E-state index contributed by atoms with van der Waals surface area (Å²) >= 11 is 1.46. The molecule has 1 aromatic rings. The molecule has 2 heterocycles. The van der Waals surface area contributed by atoms with E-state index in [2.05, 4.69) is 59.3 Å². The lowest BCUT2D eigenvalue weighted by Gasteiger charge is -2.37. The number of aromatic nitrogens is 2. The summed E-state index contributed by atoms with van der Waals surface area (Å²) in [6.45, 7) is 10.7. The van der Waals surface area contributed by atoms with E-state index in [4.69, 9.17) is 0 Å². The Morgan fingerprint density at radius 2 is 2.05 bits per heavy atom. The van der Waals surface area contributed by atoms with E-state index in [1.54, 1.807) is 0 Å². The summed E-state index contributed by atoms with van der Waals surface area (Å²) in [5, 5.41) is 4.37. The second-order valence-corrected chi connectivity index (χ2v) is 7.20. The Labute approximate surface area is 120 Å². The number of hydrogen-bond acceptors (Lipinski definition) is 6. The molecule has 1 N–H and O–H groups in total. The summed E-state index contributed by atoms with van der Waals surface area (Å²) in [6, 6.07) is 0.542. The van der Waals surface area contributed by atoms with Gasteiger partial charge >= 0.3 is 0 Å². The Morgan fingerprint density at radius 3 is 2.68 bits per heavy atom. The summed E-state index contributed by atoms with van der Waals surface area (Å²) in [5.74, 6) is 0.925. The fraction of sp³-hybridized carbons (Fsp3) is 0.846. The van der Waals surface area contributed by atoms with Crippen LogP contribution >= 0.6 is 11.5 Å². The fourth-order valence-electron chi connectivity index (χ4n) is 2.13. The third-order valence-corrected chi connectivity index (χ3v) is 4.24. The molecular weight excluding hydrogens is 258 g/mol. The standard InChI is InChI=1S/C13H25N5S/c1-13(2,3)11-15-12(19-16-11)14-8-10-9-17(4)6-7-18(10)5/h10H,6-9H2,1-5H3,(H,14,15,16). The smallest absolute Gasteiger partial charge is 0.202 e. The molecule has 1 fully saturated rings. The molecule has 0 amide bonds. The number of likely N-dealkylation sites (N-methyl/N-ethyl adjacent to an activating group) is 2. The van der Waals surface area contributed by atoms with Gasteiger partial charge in [-0.25, -0.2) is 4.98 Å². The van der Waals surface area contributed by atoms with E-state index >= 15 is 0 Å². The van der Waals surface area contributed by atoms with Crippen LogP contribution in [-0.2, 0) is 5.41 Å². The van der Waals surface area contributed by atoms with E-state index in [1.165, 1.54) is 11.5 Å². The van der Waals surface area contributed by atoms with Crippen molar-refractivity contribution in [3.63, 3.8) is 0 Å². The summed E-state index contributed by atoms with van der Waals surface area (Å²) in [5.41, 5.74) is 0.0261. The first-order valence-corrected chi connectivity index (χ1v) is 7.60. The molecule has 5 nitrogen and oxygen atoms in total. The predicted molar refractivity (Wildman–Crippen MR) is 81.0 cm³/mol. The van der Waals surface area contributed by atoms with Gasteiger partial charge in [-0.05, 0) is 14.1 Å². The zero-order valence-corrected chi connectivity index (χ0v) is 13.4. The molecule has 1 atom stereocenters. The van der Waals surface area contributed by atoms with Crippen LogP contribution in [0.3, 0.4) is 0 Å². The average Bonchev–Trinajstić information content (AvgIpc) is 2.79. The molecule has 2 rings (SSSR count). The van der Waals surface area contributed by atoms with Crippen LogP contribution in [0.25, 0.3) is 0 Å². The van der Waals surface area contributed by atoms with Crippen molar-refractivity contribution in [3.05, 3.63) is 5.82 Å². The molecule has 1 saturated heterocycles. The monoisotopic (exact) mass is 283 g/mol. The van der Waals surface area contributed by atoms with Crippen LogP contribution in [0.2, 0.25) is 0 Å². The molecule has 0 aliphatic carbocycles. The minimum absolute atomic E-state index is 0.0261. The normalized spacial score (nSPS) is 22.7.